The number of hydrogen-bond donors (Lipinski definition) is 1. The Morgan fingerprint density at radius 1 is 1.61 bits per heavy atom. The lowest BCUT2D eigenvalue weighted by Gasteiger charge is -2.23. The lowest BCUT2D eigenvalue weighted by atomic mass is 9.98. The molecule has 1 aliphatic rings. The van der Waals surface area contributed by atoms with Crippen LogP contribution >= 0.6 is 23.1 Å². The number of nitrogens with one attached hydrogen (secondary N) is 1. The van der Waals surface area contributed by atoms with E-state index in [4.69, 9.17) is 4.98 Å². The Morgan fingerprint density at radius 2 is 2.39 bits per heavy atom. The van der Waals surface area contributed by atoms with Gasteiger partial charge in [0.15, 0.2) is 5.13 Å². The molecule has 1 heterocycles. The first-order valence-corrected chi connectivity index (χ1v) is 8.77. The molecular weight excluding hydrogens is 262 g/mol. The predicted octanol–water partition coefficient (Wildman–Crippen LogP) is 2.93. The van der Waals surface area contributed by atoms with E-state index in [2.05, 4.69) is 30.4 Å². The maximum absolute atomic E-state index is 4.88. The van der Waals surface area contributed by atoms with E-state index in [9.17, 15) is 0 Å². The summed E-state index contributed by atoms with van der Waals surface area (Å²) in [5.41, 5.74) is 1.30. The Bertz CT molecular complexity index is 392. The molecule has 0 radical (unpaired) electrons. The van der Waals surface area contributed by atoms with Crippen LogP contribution in [0.25, 0.3) is 0 Å². The molecule has 18 heavy (non-hydrogen) atoms. The molecule has 0 amide bonds. The summed E-state index contributed by atoms with van der Waals surface area (Å²) >= 11 is 3.78. The highest BCUT2D eigenvalue weighted by Crippen LogP contribution is 2.36. The molecule has 1 aromatic heterocycles. The lowest BCUT2D eigenvalue weighted by molar-refractivity contribution is 0.489. The van der Waals surface area contributed by atoms with Gasteiger partial charge >= 0.3 is 0 Å². The molecular formula is C13H23N3S2. The van der Waals surface area contributed by atoms with E-state index in [1.54, 1.807) is 0 Å². The standard InChI is InChI=1S/C13H23N3S2/c1-9(8-17-4)16(3)13-15-12-10(14-2)6-5-7-11(12)18-13/h9-10,14H,5-8H2,1-4H3. The number of aryl methyl sites for hydroxylation is 1. The number of anilines is 1. The van der Waals surface area contributed by atoms with Gasteiger partial charge in [-0.2, -0.15) is 11.8 Å². The van der Waals surface area contributed by atoms with Crippen molar-refractivity contribution in [1.29, 1.82) is 0 Å². The zero-order valence-electron chi connectivity index (χ0n) is 11.7. The Labute approximate surface area is 118 Å². The second kappa shape index (κ2) is 6.26. The summed E-state index contributed by atoms with van der Waals surface area (Å²) in [6, 6.07) is 1.00. The first-order chi connectivity index (χ1) is 8.67. The van der Waals surface area contributed by atoms with Gasteiger partial charge in [0.25, 0.3) is 0 Å². The molecule has 0 aromatic carbocycles. The normalized spacial score (nSPS) is 20.6. The number of aromatic nitrogens is 1. The van der Waals surface area contributed by atoms with Crippen molar-refractivity contribution >= 4 is 28.2 Å². The number of thiazole rings is 1. The highest BCUT2D eigenvalue weighted by atomic mass is 32.2. The first-order valence-electron chi connectivity index (χ1n) is 6.56. The summed E-state index contributed by atoms with van der Waals surface area (Å²) in [7, 11) is 4.21. The predicted molar refractivity (Wildman–Crippen MR) is 83.1 cm³/mol. The van der Waals surface area contributed by atoms with Crippen LogP contribution in [-0.2, 0) is 6.42 Å². The van der Waals surface area contributed by atoms with Crippen LogP contribution in [0.1, 0.15) is 36.4 Å². The first kappa shape index (κ1) is 14.2. The largest absolute Gasteiger partial charge is 0.348 e. The third kappa shape index (κ3) is 2.83. The van der Waals surface area contributed by atoms with Crippen LogP contribution in [0, 0.1) is 0 Å². The topological polar surface area (TPSA) is 28.2 Å². The molecule has 3 nitrogen and oxygen atoms in total. The van der Waals surface area contributed by atoms with Gasteiger partial charge in [-0.3, -0.25) is 0 Å². The Kier molecular flexibility index (Phi) is 4.92. The van der Waals surface area contributed by atoms with Crippen molar-refractivity contribution in [3.63, 3.8) is 0 Å². The van der Waals surface area contributed by atoms with Crippen LogP contribution in [0.3, 0.4) is 0 Å². The van der Waals surface area contributed by atoms with Gasteiger partial charge in [0.1, 0.15) is 0 Å². The van der Waals surface area contributed by atoms with Crippen LogP contribution in [0.15, 0.2) is 0 Å². The Balaban J connectivity index is 2.18. The zero-order valence-corrected chi connectivity index (χ0v) is 13.3. The van der Waals surface area contributed by atoms with Crippen molar-refractivity contribution in [1.82, 2.24) is 10.3 Å². The maximum Gasteiger partial charge on any atom is 0.185 e. The van der Waals surface area contributed by atoms with Crippen LogP contribution < -0.4 is 10.2 Å². The molecule has 0 aliphatic heterocycles. The highest BCUT2D eigenvalue weighted by molar-refractivity contribution is 7.98. The van der Waals surface area contributed by atoms with Gasteiger partial charge in [-0.05, 0) is 39.5 Å². The molecule has 1 aromatic rings. The third-order valence-corrected chi connectivity index (χ3v) is 5.70. The summed E-state index contributed by atoms with van der Waals surface area (Å²) in [5, 5.41) is 4.57. The Hall–Kier alpha value is -0.260. The molecule has 102 valence electrons. The lowest BCUT2D eigenvalue weighted by Crippen LogP contribution is -2.30. The van der Waals surface area contributed by atoms with Crippen LogP contribution in [0.5, 0.6) is 0 Å². The van der Waals surface area contributed by atoms with Gasteiger partial charge in [0, 0.05) is 23.7 Å². The average molecular weight is 285 g/mol. The molecule has 2 atom stereocenters. The van der Waals surface area contributed by atoms with Crippen molar-refractivity contribution in [2.24, 2.45) is 0 Å². The second-order valence-corrected chi connectivity index (χ2v) is 6.93. The van der Waals surface area contributed by atoms with E-state index in [1.807, 2.05) is 30.1 Å². The van der Waals surface area contributed by atoms with E-state index in [0.717, 1.165) is 5.75 Å². The SMILES string of the molecule is CNC1CCCc2sc(N(C)C(C)CSC)nc21. The van der Waals surface area contributed by atoms with Gasteiger partial charge < -0.3 is 10.2 Å². The van der Waals surface area contributed by atoms with Gasteiger partial charge in [0.05, 0.1) is 11.7 Å². The minimum absolute atomic E-state index is 0.461. The number of nitrogens with zero attached hydrogens (tertiary/aromatic N) is 2. The van der Waals surface area contributed by atoms with Crippen LogP contribution in [0.4, 0.5) is 5.13 Å². The van der Waals surface area contributed by atoms with E-state index in [1.165, 1.54) is 35.0 Å². The maximum atomic E-state index is 4.88. The van der Waals surface area contributed by atoms with Gasteiger partial charge in [-0.25, -0.2) is 4.98 Å². The number of hydrogen-bond acceptors (Lipinski definition) is 5. The van der Waals surface area contributed by atoms with Gasteiger partial charge in [-0.1, -0.05) is 0 Å². The zero-order chi connectivity index (χ0) is 13.1. The van der Waals surface area contributed by atoms with E-state index >= 15 is 0 Å². The quantitative estimate of drug-likeness (QED) is 0.900. The van der Waals surface area contributed by atoms with Crippen LogP contribution in [-0.4, -0.2) is 37.1 Å². The summed E-state index contributed by atoms with van der Waals surface area (Å²) in [6.45, 7) is 2.27. The molecule has 1 N–H and O–H groups in total. The molecule has 2 unspecified atom stereocenters. The van der Waals surface area contributed by atoms with Crippen molar-refractivity contribution in [3.05, 3.63) is 10.6 Å². The van der Waals surface area contributed by atoms with Crippen molar-refractivity contribution in [3.8, 4) is 0 Å². The summed E-state index contributed by atoms with van der Waals surface area (Å²) in [6.07, 6.45) is 5.87. The molecule has 1 aliphatic carbocycles. The fraction of sp³-hybridized carbons (Fsp3) is 0.769. The molecule has 0 fully saturated rings. The fourth-order valence-electron chi connectivity index (χ4n) is 2.38. The molecule has 0 spiro atoms. The number of fused-ring (bicyclic) bond motifs is 1. The highest BCUT2D eigenvalue weighted by Gasteiger charge is 2.25. The van der Waals surface area contributed by atoms with Crippen molar-refractivity contribution in [2.75, 3.05) is 31.0 Å². The average Bonchev–Trinajstić information content (AvgIpc) is 2.81. The second-order valence-electron chi connectivity index (χ2n) is 4.95. The minimum atomic E-state index is 0.461. The van der Waals surface area contributed by atoms with Gasteiger partial charge in [0.2, 0.25) is 0 Å². The molecule has 0 saturated heterocycles. The van der Waals surface area contributed by atoms with E-state index < -0.39 is 0 Å². The van der Waals surface area contributed by atoms with E-state index in [0.29, 0.717) is 12.1 Å². The Morgan fingerprint density at radius 3 is 3.06 bits per heavy atom. The monoisotopic (exact) mass is 285 g/mol. The van der Waals surface area contributed by atoms with Crippen molar-refractivity contribution < 1.29 is 0 Å². The van der Waals surface area contributed by atoms with Crippen LogP contribution in [0.2, 0.25) is 0 Å². The number of rotatable bonds is 5. The molecule has 0 bridgehead atoms. The number of thioether (sulfide) groups is 1. The van der Waals surface area contributed by atoms with Gasteiger partial charge in [-0.15, -0.1) is 11.3 Å². The molecule has 5 heteroatoms. The molecule has 0 saturated carbocycles. The third-order valence-electron chi connectivity index (χ3n) is 3.66. The summed E-state index contributed by atoms with van der Waals surface area (Å²) < 4.78 is 0. The molecule has 2 rings (SSSR count). The van der Waals surface area contributed by atoms with Crippen molar-refractivity contribution in [2.45, 2.75) is 38.3 Å². The summed E-state index contributed by atoms with van der Waals surface area (Å²) in [5.74, 6) is 1.15. The minimum Gasteiger partial charge on any atom is -0.348 e. The smallest absolute Gasteiger partial charge is 0.185 e. The van der Waals surface area contributed by atoms with E-state index in [-0.39, 0.29) is 0 Å². The fourth-order valence-corrected chi connectivity index (χ4v) is 4.31. The summed E-state index contributed by atoms with van der Waals surface area (Å²) in [4.78, 5) is 8.69.